The molecule has 0 spiro atoms. The van der Waals surface area contributed by atoms with Crippen LogP contribution < -0.4 is 5.32 Å². The van der Waals surface area contributed by atoms with Gasteiger partial charge >= 0.3 is 0 Å². The van der Waals surface area contributed by atoms with Crippen LogP contribution in [0.1, 0.15) is 24.5 Å². The molecule has 84 valence electrons. The fraction of sp³-hybridized carbons (Fsp3) is 0.500. The molecule has 1 aromatic carbocycles. The Balaban J connectivity index is 2.47. The minimum absolute atomic E-state index is 0.165. The summed E-state index contributed by atoms with van der Waals surface area (Å²) in [6.45, 7) is 4.68. The van der Waals surface area contributed by atoms with Gasteiger partial charge in [0.05, 0.1) is 0 Å². The number of rotatable bonds is 5. The third-order valence-electron chi connectivity index (χ3n) is 2.44. The van der Waals surface area contributed by atoms with Crippen LogP contribution in [-0.4, -0.2) is 17.8 Å². The third-order valence-corrected chi connectivity index (χ3v) is 2.44. The van der Waals surface area contributed by atoms with E-state index in [-0.39, 0.29) is 18.5 Å². The molecule has 0 bridgehead atoms. The van der Waals surface area contributed by atoms with Crippen molar-refractivity contribution in [3.05, 3.63) is 35.1 Å². The highest BCUT2D eigenvalue weighted by atomic mass is 19.1. The van der Waals surface area contributed by atoms with Gasteiger partial charge in [-0.3, -0.25) is 0 Å². The highest BCUT2D eigenvalue weighted by molar-refractivity contribution is 5.23. The van der Waals surface area contributed by atoms with Crippen molar-refractivity contribution in [3.8, 4) is 0 Å². The number of aliphatic hydroxyl groups excluding tert-OH is 1. The van der Waals surface area contributed by atoms with Crippen LogP contribution in [0.4, 0.5) is 4.39 Å². The number of hydrogen-bond acceptors (Lipinski definition) is 2. The maximum Gasteiger partial charge on any atom is 0.126 e. The summed E-state index contributed by atoms with van der Waals surface area (Å²) >= 11 is 0. The topological polar surface area (TPSA) is 32.3 Å². The van der Waals surface area contributed by atoms with E-state index in [4.69, 9.17) is 5.11 Å². The van der Waals surface area contributed by atoms with Crippen molar-refractivity contribution in [3.63, 3.8) is 0 Å². The lowest BCUT2D eigenvalue weighted by atomic mass is 10.1. The first-order valence-corrected chi connectivity index (χ1v) is 5.22. The molecule has 0 amide bonds. The van der Waals surface area contributed by atoms with Crippen LogP contribution in [0.5, 0.6) is 0 Å². The molecule has 1 unspecified atom stereocenters. The summed E-state index contributed by atoms with van der Waals surface area (Å²) in [6.07, 6.45) is 0.736. The van der Waals surface area contributed by atoms with Crippen LogP contribution in [0, 0.1) is 12.7 Å². The van der Waals surface area contributed by atoms with Crippen molar-refractivity contribution in [2.75, 3.05) is 6.61 Å². The first-order chi connectivity index (χ1) is 7.13. The molecule has 0 aliphatic carbocycles. The van der Waals surface area contributed by atoms with E-state index in [1.165, 1.54) is 6.07 Å². The predicted molar refractivity (Wildman–Crippen MR) is 59.1 cm³/mol. The normalized spacial score (nSPS) is 12.8. The summed E-state index contributed by atoms with van der Waals surface area (Å²) in [5, 5.41) is 12.0. The van der Waals surface area contributed by atoms with E-state index in [2.05, 4.69) is 5.32 Å². The number of aryl methyl sites for hydroxylation is 1. The van der Waals surface area contributed by atoms with Gasteiger partial charge in [-0.05, 0) is 37.5 Å². The van der Waals surface area contributed by atoms with E-state index in [1.54, 1.807) is 13.0 Å². The van der Waals surface area contributed by atoms with Gasteiger partial charge in [0.2, 0.25) is 0 Å². The Kier molecular flexibility index (Phi) is 4.72. The maximum atomic E-state index is 13.0. The lowest BCUT2D eigenvalue weighted by molar-refractivity contribution is 0.268. The third kappa shape index (κ3) is 3.98. The zero-order chi connectivity index (χ0) is 11.3. The molecule has 0 fully saturated rings. The molecule has 1 rings (SSSR count). The van der Waals surface area contributed by atoms with Crippen molar-refractivity contribution in [2.24, 2.45) is 0 Å². The van der Waals surface area contributed by atoms with Crippen molar-refractivity contribution in [2.45, 2.75) is 32.9 Å². The van der Waals surface area contributed by atoms with Gasteiger partial charge in [0, 0.05) is 19.2 Å². The number of halogens is 1. The molecule has 0 aromatic heterocycles. The van der Waals surface area contributed by atoms with Crippen LogP contribution >= 0.6 is 0 Å². The first-order valence-electron chi connectivity index (χ1n) is 5.22. The largest absolute Gasteiger partial charge is 0.396 e. The van der Waals surface area contributed by atoms with Gasteiger partial charge in [-0.25, -0.2) is 4.39 Å². The van der Waals surface area contributed by atoms with Crippen molar-refractivity contribution in [1.29, 1.82) is 0 Å². The summed E-state index contributed by atoms with van der Waals surface area (Å²) in [5.41, 5.74) is 1.74. The van der Waals surface area contributed by atoms with Crippen LogP contribution in [-0.2, 0) is 6.54 Å². The second-order valence-electron chi connectivity index (χ2n) is 3.88. The molecule has 1 atom stereocenters. The van der Waals surface area contributed by atoms with Crippen molar-refractivity contribution < 1.29 is 9.50 Å². The maximum absolute atomic E-state index is 13.0. The van der Waals surface area contributed by atoms with Gasteiger partial charge in [0.1, 0.15) is 5.82 Å². The molecule has 0 radical (unpaired) electrons. The molecule has 0 aliphatic rings. The summed E-state index contributed by atoms with van der Waals surface area (Å²) < 4.78 is 13.0. The molecule has 3 heteroatoms. The average molecular weight is 211 g/mol. The monoisotopic (exact) mass is 211 g/mol. The van der Waals surface area contributed by atoms with Crippen LogP contribution in [0.25, 0.3) is 0 Å². The second-order valence-corrected chi connectivity index (χ2v) is 3.88. The Hall–Kier alpha value is -0.930. The van der Waals surface area contributed by atoms with E-state index < -0.39 is 0 Å². The van der Waals surface area contributed by atoms with Crippen LogP contribution in [0.15, 0.2) is 18.2 Å². The van der Waals surface area contributed by atoms with Crippen molar-refractivity contribution in [1.82, 2.24) is 5.32 Å². The number of hydrogen-bond donors (Lipinski definition) is 2. The van der Waals surface area contributed by atoms with Gasteiger partial charge in [-0.15, -0.1) is 0 Å². The molecule has 0 saturated heterocycles. The fourth-order valence-electron chi connectivity index (χ4n) is 1.40. The minimum atomic E-state index is -0.165. The Morgan fingerprint density at radius 3 is 2.80 bits per heavy atom. The van der Waals surface area contributed by atoms with E-state index in [0.717, 1.165) is 12.0 Å². The smallest absolute Gasteiger partial charge is 0.126 e. The summed E-state index contributed by atoms with van der Waals surface area (Å²) in [5.74, 6) is -0.165. The van der Waals surface area contributed by atoms with Gasteiger partial charge < -0.3 is 10.4 Å². The Labute approximate surface area is 90.1 Å². The highest BCUT2D eigenvalue weighted by Gasteiger charge is 2.02. The summed E-state index contributed by atoms with van der Waals surface area (Å²) in [4.78, 5) is 0. The minimum Gasteiger partial charge on any atom is -0.396 e. The Morgan fingerprint density at radius 2 is 2.20 bits per heavy atom. The van der Waals surface area contributed by atoms with E-state index >= 15 is 0 Å². The fourth-order valence-corrected chi connectivity index (χ4v) is 1.40. The predicted octanol–water partition coefficient (Wildman–Crippen LogP) is 1.99. The van der Waals surface area contributed by atoms with Gasteiger partial charge in [0.15, 0.2) is 0 Å². The number of benzene rings is 1. The molecule has 2 N–H and O–H groups in total. The molecule has 2 nitrogen and oxygen atoms in total. The van der Waals surface area contributed by atoms with Gasteiger partial charge in [0.25, 0.3) is 0 Å². The average Bonchev–Trinajstić information content (AvgIpc) is 2.20. The molecule has 1 aromatic rings. The Bertz CT molecular complexity index is 314. The van der Waals surface area contributed by atoms with E-state index in [0.29, 0.717) is 12.1 Å². The zero-order valence-corrected chi connectivity index (χ0v) is 9.26. The van der Waals surface area contributed by atoms with Crippen LogP contribution in [0.3, 0.4) is 0 Å². The quantitative estimate of drug-likeness (QED) is 0.780. The molecule has 0 aliphatic heterocycles. The SMILES string of the molecule is Cc1cc(CNC(C)CCO)ccc1F. The first kappa shape index (κ1) is 12.1. The second kappa shape index (κ2) is 5.83. The number of aliphatic hydroxyl groups is 1. The van der Waals surface area contributed by atoms with Crippen LogP contribution in [0.2, 0.25) is 0 Å². The number of nitrogens with one attached hydrogen (secondary N) is 1. The molecular weight excluding hydrogens is 193 g/mol. The standard InChI is InChI=1S/C12H18FNO/c1-9-7-11(3-4-12(9)13)8-14-10(2)5-6-15/h3-4,7,10,14-15H,5-6,8H2,1-2H3. The lowest BCUT2D eigenvalue weighted by Crippen LogP contribution is -2.26. The van der Waals surface area contributed by atoms with E-state index in [9.17, 15) is 4.39 Å². The summed E-state index contributed by atoms with van der Waals surface area (Å²) in [6, 6.07) is 5.39. The summed E-state index contributed by atoms with van der Waals surface area (Å²) in [7, 11) is 0. The van der Waals surface area contributed by atoms with Crippen molar-refractivity contribution >= 4 is 0 Å². The Morgan fingerprint density at radius 1 is 1.47 bits per heavy atom. The lowest BCUT2D eigenvalue weighted by Gasteiger charge is -2.12. The zero-order valence-electron chi connectivity index (χ0n) is 9.26. The van der Waals surface area contributed by atoms with Gasteiger partial charge in [-0.1, -0.05) is 12.1 Å². The van der Waals surface area contributed by atoms with Gasteiger partial charge in [-0.2, -0.15) is 0 Å². The highest BCUT2D eigenvalue weighted by Crippen LogP contribution is 2.09. The molecular formula is C12H18FNO. The molecule has 0 heterocycles. The molecule has 0 saturated carbocycles. The van der Waals surface area contributed by atoms with E-state index in [1.807, 2.05) is 13.0 Å². The molecule has 15 heavy (non-hydrogen) atoms.